The van der Waals surface area contributed by atoms with Gasteiger partial charge in [0, 0.05) is 16.7 Å². The number of carbonyl (C=O) groups is 1. The van der Waals surface area contributed by atoms with Gasteiger partial charge in [0.05, 0.1) is 5.71 Å². The van der Waals surface area contributed by atoms with Gasteiger partial charge in [0.2, 0.25) is 6.79 Å². The van der Waals surface area contributed by atoms with Crippen molar-refractivity contribution in [2.75, 3.05) is 6.79 Å². The first kappa shape index (κ1) is 22.2. The van der Waals surface area contributed by atoms with E-state index in [1.807, 2.05) is 79.7 Å². The summed E-state index contributed by atoms with van der Waals surface area (Å²) < 4.78 is 16.8. The quantitative estimate of drug-likeness (QED) is 0.277. The summed E-state index contributed by atoms with van der Waals surface area (Å²) in [6.07, 6.45) is 0. The van der Waals surface area contributed by atoms with Crippen LogP contribution < -0.4 is 19.6 Å². The summed E-state index contributed by atoms with van der Waals surface area (Å²) in [4.78, 5) is 12.6. The molecule has 0 bridgehead atoms. The lowest BCUT2D eigenvalue weighted by Crippen LogP contribution is -2.19. The van der Waals surface area contributed by atoms with Crippen LogP contribution in [-0.2, 0) is 6.61 Å². The molecule has 1 heterocycles. The van der Waals surface area contributed by atoms with Gasteiger partial charge in [-0.25, -0.2) is 5.43 Å². The second kappa shape index (κ2) is 10.1. The molecule has 0 radical (unpaired) electrons. The summed E-state index contributed by atoms with van der Waals surface area (Å²) >= 11 is 0. The number of rotatable bonds is 7. The van der Waals surface area contributed by atoms with Gasteiger partial charge >= 0.3 is 0 Å². The SMILES string of the molecule is C/C(=N/NC(=O)c1ccc(COc2ccccc2-c2ccccc2)cc1)c1ccc2c(c1)OCO2. The topological polar surface area (TPSA) is 69.2 Å². The fraction of sp³-hybridized carbons (Fsp3) is 0.103. The van der Waals surface area contributed by atoms with Gasteiger partial charge in [0.25, 0.3) is 5.91 Å². The summed E-state index contributed by atoms with van der Waals surface area (Å²) in [6, 6.07) is 31.0. The standard InChI is InChI=1S/C29H24N2O4/c1-20(24-15-16-27-28(17-24)35-19-34-27)30-31-29(32)23-13-11-21(12-14-23)18-33-26-10-6-5-9-25(26)22-7-3-2-4-8-22/h2-17H,18-19H2,1H3,(H,31,32)/b30-20-. The van der Waals surface area contributed by atoms with E-state index in [-0.39, 0.29) is 12.7 Å². The molecule has 5 rings (SSSR count). The van der Waals surface area contributed by atoms with Crippen molar-refractivity contribution in [3.63, 3.8) is 0 Å². The van der Waals surface area contributed by atoms with Crippen molar-refractivity contribution in [1.82, 2.24) is 5.43 Å². The normalized spacial score (nSPS) is 12.3. The molecular weight excluding hydrogens is 440 g/mol. The van der Waals surface area contributed by atoms with E-state index >= 15 is 0 Å². The maximum absolute atomic E-state index is 12.6. The highest BCUT2D eigenvalue weighted by atomic mass is 16.7. The van der Waals surface area contributed by atoms with Gasteiger partial charge in [-0.05, 0) is 54.4 Å². The van der Waals surface area contributed by atoms with Crippen molar-refractivity contribution in [2.45, 2.75) is 13.5 Å². The van der Waals surface area contributed by atoms with Crippen LogP contribution in [0.5, 0.6) is 17.2 Å². The molecule has 0 aromatic heterocycles. The van der Waals surface area contributed by atoms with Crippen LogP contribution in [0, 0.1) is 0 Å². The highest BCUT2D eigenvalue weighted by Crippen LogP contribution is 2.33. The number of hydrogen-bond acceptors (Lipinski definition) is 5. The fourth-order valence-electron chi connectivity index (χ4n) is 3.75. The molecule has 0 spiro atoms. The van der Waals surface area contributed by atoms with Gasteiger partial charge in [-0.15, -0.1) is 0 Å². The number of amides is 1. The third-order valence-electron chi connectivity index (χ3n) is 5.70. The molecule has 0 unspecified atom stereocenters. The molecule has 4 aromatic rings. The van der Waals surface area contributed by atoms with Crippen molar-refractivity contribution in [3.05, 3.63) is 114 Å². The number of para-hydroxylation sites is 1. The van der Waals surface area contributed by atoms with Crippen molar-refractivity contribution in [2.24, 2.45) is 5.10 Å². The molecule has 1 aliphatic heterocycles. The van der Waals surface area contributed by atoms with E-state index in [0.717, 1.165) is 28.0 Å². The molecule has 0 fully saturated rings. The van der Waals surface area contributed by atoms with E-state index < -0.39 is 0 Å². The summed E-state index contributed by atoms with van der Waals surface area (Å²) in [5, 5.41) is 4.23. The Morgan fingerprint density at radius 1 is 0.857 bits per heavy atom. The number of ether oxygens (including phenoxy) is 3. The number of fused-ring (bicyclic) bond motifs is 1. The molecule has 0 atom stereocenters. The summed E-state index contributed by atoms with van der Waals surface area (Å²) in [6.45, 7) is 2.44. The second-order valence-corrected chi connectivity index (χ2v) is 8.05. The zero-order chi connectivity index (χ0) is 24.0. The maximum atomic E-state index is 12.6. The molecule has 1 amide bonds. The lowest BCUT2D eigenvalue weighted by Gasteiger charge is -2.12. The minimum Gasteiger partial charge on any atom is -0.488 e. The number of carbonyl (C=O) groups excluding carboxylic acids is 1. The number of hydrazone groups is 1. The van der Waals surface area contributed by atoms with Gasteiger partial charge in [-0.3, -0.25) is 4.79 Å². The predicted octanol–water partition coefficient (Wildman–Crippen LogP) is 5.82. The molecule has 4 aromatic carbocycles. The minimum absolute atomic E-state index is 0.215. The average Bonchev–Trinajstić information content (AvgIpc) is 3.39. The Hall–Kier alpha value is -4.58. The van der Waals surface area contributed by atoms with Gasteiger partial charge in [-0.1, -0.05) is 60.7 Å². The van der Waals surface area contributed by atoms with E-state index in [9.17, 15) is 4.79 Å². The molecule has 1 aliphatic rings. The van der Waals surface area contributed by atoms with E-state index in [1.165, 1.54) is 0 Å². The number of nitrogens with zero attached hydrogens (tertiary/aromatic N) is 1. The molecule has 0 aliphatic carbocycles. The van der Waals surface area contributed by atoms with Crippen LogP contribution in [0.15, 0.2) is 102 Å². The molecule has 0 saturated heterocycles. The van der Waals surface area contributed by atoms with Crippen LogP contribution in [0.2, 0.25) is 0 Å². The Labute approximate surface area is 203 Å². The molecule has 1 N–H and O–H groups in total. The summed E-state index contributed by atoms with van der Waals surface area (Å²) in [7, 11) is 0. The zero-order valence-electron chi connectivity index (χ0n) is 19.2. The first-order valence-electron chi connectivity index (χ1n) is 11.3. The van der Waals surface area contributed by atoms with Gasteiger partial charge < -0.3 is 14.2 Å². The molecule has 0 saturated carbocycles. The smallest absolute Gasteiger partial charge is 0.271 e. The predicted molar refractivity (Wildman–Crippen MR) is 135 cm³/mol. The maximum Gasteiger partial charge on any atom is 0.271 e. The number of hydrogen-bond donors (Lipinski definition) is 1. The first-order valence-corrected chi connectivity index (χ1v) is 11.3. The van der Waals surface area contributed by atoms with Gasteiger partial charge in [-0.2, -0.15) is 5.10 Å². The van der Waals surface area contributed by atoms with E-state index in [4.69, 9.17) is 14.2 Å². The van der Waals surface area contributed by atoms with Crippen molar-refractivity contribution in [3.8, 4) is 28.4 Å². The second-order valence-electron chi connectivity index (χ2n) is 8.05. The van der Waals surface area contributed by atoms with E-state index in [1.54, 1.807) is 12.1 Å². The van der Waals surface area contributed by atoms with Crippen LogP contribution in [-0.4, -0.2) is 18.4 Å². The molecule has 6 nitrogen and oxygen atoms in total. The van der Waals surface area contributed by atoms with Gasteiger partial charge in [0.1, 0.15) is 12.4 Å². The van der Waals surface area contributed by atoms with Crippen LogP contribution in [0.25, 0.3) is 11.1 Å². The lowest BCUT2D eigenvalue weighted by atomic mass is 10.0. The highest BCUT2D eigenvalue weighted by Gasteiger charge is 2.14. The van der Waals surface area contributed by atoms with Crippen LogP contribution in [0.4, 0.5) is 0 Å². The first-order chi connectivity index (χ1) is 17.2. The minimum atomic E-state index is -0.285. The van der Waals surface area contributed by atoms with Crippen LogP contribution in [0.3, 0.4) is 0 Å². The molecule has 6 heteroatoms. The monoisotopic (exact) mass is 464 g/mol. The van der Waals surface area contributed by atoms with Crippen molar-refractivity contribution >= 4 is 11.6 Å². The largest absolute Gasteiger partial charge is 0.488 e. The molecule has 35 heavy (non-hydrogen) atoms. The Kier molecular flexibility index (Phi) is 6.44. The average molecular weight is 465 g/mol. The number of nitrogens with one attached hydrogen (secondary N) is 1. The van der Waals surface area contributed by atoms with Crippen molar-refractivity contribution < 1.29 is 19.0 Å². The van der Waals surface area contributed by atoms with Gasteiger partial charge in [0.15, 0.2) is 11.5 Å². The molecule has 174 valence electrons. The third-order valence-corrected chi connectivity index (χ3v) is 5.70. The Balaban J connectivity index is 1.20. The van der Waals surface area contributed by atoms with E-state index in [2.05, 4.69) is 22.7 Å². The van der Waals surface area contributed by atoms with Crippen LogP contribution in [0.1, 0.15) is 28.4 Å². The highest BCUT2D eigenvalue weighted by molar-refractivity contribution is 6.01. The number of benzene rings is 4. The van der Waals surface area contributed by atoms with Crippen molar-refractivity contribution in [1.29, 1.82) is 0 Å². The molecular formula is C29H24N2O4. The van der Waals surface area contributed by atoms with Crippen LogP contribution >= 0.6 is 0 Å². The fourth-order valence-corrected chi connectivity index (χ4v) is 3.75. The Bertz CT molecular complexity index is 1370. The summed E-state index contributed by atoms with van der Waals surface area (Å²) in [5.74, 6) is 1.91. The van der Waals surface area contributed by atoms with E-state index in [0.29, 0.717) is 29.4 Å². The zero-order valence-corrected chi connectivity index (χ0v) is 19.2. The summed E-state index contributed by atoms with van der Waals surface area (Å²) in [5.41, 5.74) is 7.75. The Morgan fingerprint density at radius 2 is 1.57 bits per heavy atom. The third kappa shape index (κ3) is 5.17. The lowest BCUT2D eigenvalue weighted by molar-refractivity contribution is 0.0954. The Morgan fingerprint density at radius 3 is 2.40 bits per heavy atom.